The molecule has 8 heteroatoms. The maximum atomic E-state index is 12.8. The molecule has 2 N–H and O–H groups in total. The summed E-state index contributed by atoms with van der Waals surface area (Å²) >= 11 is 0. The van der Waals surface area contributed by atoms with Crippen molar-refractivity contribution in [3.8, 4) is 0 Å². The number of hydrogen-bond donors (Lipinski definition) is 2. The Kier molecular flexibility index (Phi) is 4.39. The summed E-state index contributed by atoms with van der Waals surface area (Å²) in [4.78, 5) is 4.09. The van der Waals surface area contributed by atoms with Gasteiger partial charge in [0.2, 0.25) is 0 Å². The Hall–Kier alpha value is -2.19. The zero-order valence-corrected chi connectivity index (χ0v) is 12.4. The Balaban J connectivity index is 2.07. The summed E-state index contributed by atoms with van der Waals surface area (Å²) < 4.78 is 39.5. The molecular weight excluding hydrogens is 295 g/mol. The zero-order chi connectivity index (χ0) is 15.5. The van der Waals surface area contributed by atoms with Crippen LogP contribution in [0.1, 0.15) is 0 Å². The minimum Gasteiger partial charge on any atom is -0.340 e. The Morgan fingerprint density at radius 2 is 1.67 bits per heavy atom. The van der Waals surface area contributed by atoms with E-state index in [9.17, 15) is 12.8 Å². The number of nitrogens with zero attached hydrogens (tertiary/aromatic N) is 2. The molecule has 0 bridgehead atoms. The Labute approximate surface area is 122 Å². The molecule has 0 saturated heterocycles. The van der Waals surface area contributed by atoms with Crippen LogP contribution in [-0.4, -0.2) is 31.8 Å². The minimum atomic E-state index is -3.55. The molecule has 2 aromatic rings. The Morgan fingerprint density at radius 1 is 1.05 bits per heavy atom. The highest BCUT2D eigenvalue weighted by molar-refractivity contribution is 7.90. The molecule has 0 aliphatic rings. The van der Waals surface area contributed by atoms with Crippen molar-refractivity contribution >= 4 is 27.4 Å². The molecule has 1 aromatic heterocycles. The topological polar surface area (TPSA) is 74.3 Å². The summed E-state index contributed by atoms with van der Waals surface area (Å²) in [6.07, 6.45) is 1.40. The molecule has 0 atom stereocenters. The number of nitrogens with one attached hydrogen (secondary N) is 2. The van der Waals surface area contributed by atoms with E-state index in [1.807, 2.05) is 0 Å². The van der Waals surface area contributed by atoms with Crippen LogP contribution >= 0.6 is 0 Å². The van der Waals surface area contributed by atoms with Crippen molar-refractivity contribution in [2.75, 3.05) is 24.1 Å². The molecule has 6 nitrogen and oxygen atoms in total. The number of aromatic nitrogens is 1. The fourth-order valence-corrected chi connectivity index (χ4v) is 2.05. The average molecular weight is 310 g/mol. The monoisotopic (exact) mass is 310 g/mol. The van der Waals surface area contributed by atoms with Gasteiger partial charge in [-0.05, 0) is 36.4 Å². The molecule has 0 saturated carbocycles. The Bertz CT molecular complexity index is 700. The lowest BCUT2D eigenvalue weighted by Gasteiger charge is -2.13. The first-order valence-corrected chi connectivity index (χ1v) is 7.50. The van der Waals surface area contributed by atoms with Gasteiger partial charge in [0.05, 0.1) is 11.9 Å². The van der Waals surface area contributed by atoms with Gasteiger partial charge in [-0.15, -0.1) is 0 Å². The lowest BCUT2D eigenvalue weighted by atomic mass is 10.3. The van der Waals surface area contributed by atoms with Crippen LogP contribution in [0.2, 0.25) is 0 Å². The van der Waals surface area contributed by atoms with Gasteiger partial charge in [0, 0.05) is 19.8 Å². The van der Waals surface area contributed by atoms with E-state index in [-0.39, 0.29) is 5.82 Å². The van der Waals surface area contributed by atoms with E-state index in [4.69, 9.17) is 0 Å². The van der Waals surface area contributed by atoms with Crippen molar-refractivity contribution in [3.63, 3.8) is 0 Å². The first-order valence-electron chi connectivity index (χ1n) is 6.06. The molecule has 0 aliphatic heterocycles. The molecule has 112 valence electrons. The molecule has 21 heavy (non-hydrogen) atoms. The highest BCUT2D eigenvalue weighted by Gasteiger charge is 2.12. The summed E-state index contributed by atoms with van der Waals surface area (Å²) in [5, 5.41) is 2.98. The lowest BCUT2D eigenvalue weighted by Crippen LogP contribution is -2.28. The second-order valence-corrected chi connectivity index (χ2v) is 6.34. The van der Waals surface area contributed by atoms with Crippen LogP contribution in [0.4, 0.5) is 21.6 Å². The smallest absolute Gasteiger partial charge is 0.301 e. The third-order valence-electron chi connectivity index (χ3n) is 2.61. The molecule has 0 spiro atoms. The van der Waals surface area contributed by atoms with Crippen LogP contribution in [0, 0.1) is 5.82 Å². The molecule has 0 unspecified atom stereocenters. The zero-order valence-electron chi connectivity index (χ0n) is 11.5. The van der Waals surface area contributed by atoms with Gasteiger partial charge in [-0.1, -0.05) is 0 Å². The van der Waals surface area contributed by atoms with E-state index in [0.29, 0.717) is 17.2 Å². The predicted molar refractivity (Wildman–Crippen MR) is 80.1 cm³/mol. The fraction of sp³-hybridized carbons (Fsp3) is 0.154. The van der Waals surface area contributed by atoms with Crippen molar-refractivity contribution in [2.24, 2.45) is 0 Å². The van der Waals surface area contributed by atoms with Gasteiger partial charge in [0.15, 0.2) is 0 Å². The molecule has 1 heterocycles. The summed E-state index contributed by atoms with van der Waals surface area (Å²) in [6, 6.07) is 9.04. The van der Waals surface area contributed by atoms with Crippen LogP contribution in [0.5, 0.6) is 0 Å². The molecule has 0 fully saturated rings. The van der Waals surface area contributed by atoms with Gasteiger partial charge in [-0.3, -0.25) is 4.72 Å². The van der Waals surface area contributed by atoms with Gasteiger partial charge in [-0.2, -0.15) is 12.7 Å². The van der Waals surface area contributed by atoms with Crippen molar-refractivity contribution < 1.29 is 12.8 Å². The second-order valence-electron chi connectivity index (χ2n) is 4.45. The van der Waals surface area contributed by atoms with E-state index in [0.717, 1.165) is 4.31 Å². The van der Waals surface area contributed by atoms with Crippen LogP contribution in [0.25, 0.3) is 0 Å². The molecule has 0 amide bonds. The maximum absolute atomic E-state index is 12.8. The van der Waals surface area contributed by atoms with Crippen molar-refractivity contribution in [2.45, 2.75) is 0 Å². The highest BCUT2D eigenvalue weighted by atomic mass is 32.2. The van der Waals surface area contributed by atoms with Gasteiger partial charge in [0.25, 0.3) is 0 Å². The summed E-state index contributed by atoms with van der Waals surface area (Å²) in [5.41, 5.74) is 1.04. The second kappa shape index (κ2) is 6.06. The van der Waals surface area contributed by atoms with E-state index in [1.54, 1.807) is 24.3 Å². The van der Waals surface area contributed by atoms with E-state index in [2.05, 4.69) is 15.0 Å². The number of pyridine rings is 1. The van der Waals surface area contributed by atoms with Crippen LogP contribution < -0.4 is 10.0 Å². The van der Waals surface area contributed by atoms with Gasteiger partial charge < -0.3 is 5.32 Å². The maximum Gasteiger partial charge on any atom is 0.301 e. The third-order valence-corrected chi connectivity index (χ3v) is 4.06. The van der Waals surface area contributed by atoms with Crippen molar-refractivity contribution in [1.29, 1.82) is 0 Å². The largest absolute Gasteiger partial charge is 0.340 e. The Morgan fingerprint density at radius 3 is 2.19 bits per heavy atom. The first-order chi connectivity index (χ1) is 9.87. The number of rotatable bonds is 5. The third kappa shape index (κ3) is 4.14. The molecule has 2 rings (SSSR count). The van der Waals surface area contributed by atoms with Gasteiger partial charge in [-0.25, -0.2) is 9.37 Å². The molecule has 1 aromatic carbocycles. The minimum absolute atomic E-state index is 0.318. The van der Waals surface area contributed by atoms with E-state index >= 15 is 0 Å². The standard InChI is InChI=1S/C13H15FN4O2S/c1-18(2)21(19,20)17-12-7-8-13(15-9-12)16-11-5-3-10(14)4-6-11/h3-9,17H,1-2H3,(H,15,16). The van der Waals surface area contributed by atoms with Crippen LogP contribution in [0.15, 0.2) is 42.6 Å². The first kappa shape index (κ1) is 15.2. The van der Waals surface area contributed by atoms with E-state index < -0.39 is 10.2 Å². The molecular formula is C13H15FN4O2S. The normalized spacial score (nSPS) is 11.4. The number of anilines is 3. The predicted octanol–water partition coefficient (Wildman–Crippen LogP) is 2.18. The molecule has 0 aliphatic carbocycles. The highest BCUT2D eigenvalue weighted by Crippen LogP contribution is 2.17. The lowest BCUT2D eigenvalue weighted by molar-refractivity contribution is 0.527. The number of hydrogen-bond acceptors (Lipinski definition) is 4. The van der Waals surface area contributed by atoms with Crippen molar-refractivity contribution in [1.82, 2.24) is 9.29 Å². The number of halogens is 1. The SMILES string of the molecule is CN(C)S(=O)(=O)Nc1ccc(Nc2ccc(F)cc2)nc1. The number of benzene rings is 1. The van der Waals surface area contributed by atoms with Crippen LogP contribution in [-0.2, 0) is 10.2 Å². The summed E-state index contributed by atoms with van der Waals surface area (Å²) in [5.74, 6) is 0.205. The fourth-order valence-electron chi connectivity index (χ4n) is 1.45. The van der Waals surface area contributed by atoms with Gasteiger partial charge in [0.1, 0.15) is 11.6 Å². The average Bonchev–Trinajstić information content (AvgIpc) is 2.43. The van der Waals surface area contributed by atoms with E-state index in [1.165, 1.54) is 32.4 Å². The molecule has 0 radical (unpaired) electrons. The summed E-state index contributed by atoms with van der Waals surface area (Å²) in [7, 11) is -0.685. The van der Waals surface area contributed by atoms with Crippen LogP contribution in [0.3, 0.4) is 0 Å². The van der Waals surface area contributed by atoms with Crippen molar-refractivity contribution in [3.05, 3.63) is 48.4 Å². The quantitative estimate of drug-likeness (QED) is 0.887. The summed E-state index contributed by atoms with van der Waals surface area (Å²) in [6.45, 7) is 0. The van der Waals surface area contributed by atoms with Gasteiger partial charge >= 0.3 is 10.2 Å².